The van der Waals surface area contributed by atoms with Crippen molar-refractivity contribution in [2.75, 3.05) is 3.11 Å². The maximum absolute atomic E-state index is 2.38. The minimum Gasteiger partial charge on any atom is -0.282 e. The first-order valence-electron chi connectivity index (χ1n) is 5.43. The van der Waals surface area contributed by atoms with Crippen molar-refractivity contribution in [3.8, 4) is 0 Å². The summed E-state index contributed by atoms with van der Waals surface area (Å²) in [4.78, 5) is 0. The van der Waals surface area contributed by atoms with Crippen LogP contribution in [0.15, 0.2) is 48.5 Å². The third kappa shape index (κ3) is 1.36. The first kappa shape index (κ1) is 10.1. The van der Waals surface area contributed by atoms with Crippen LogP contribution < -0.4 is 3.11 Å². The van der Waals surface area contributed by atoms with E-state index >= 15 is 0 Å². The molecule has 2 heteroatoms. The molecular weight excluding hydrogens is 309 g/mol. The normalized spacial score (nSPS) is 14.5. The summed E-state index contributed by atoms with van der Waals surface area (Å²) in [5.41, 5.74) is 5.45. The first-order valence-corrected chi connectivity index (χ1v) is 6.39. The summed E-state index contributed by atoms with van der Waals surface area (Å²) in [6, 6.07) is 17.3. The van der Waals surface area contributed by atoms with Crippen LogP contribution in [0.3, 0.4) is 0 Å². The fourth-order valence-corrected chi connectivity index (χ4v) is 3.24. The lowest BCUT2D eigenvalue weighted by atomic mass is 9.87. The van der Waals surface area contributed by atoms with E-state index in [1.807, 2.05) is 0 Å². The number of benzene rings is 2. The monoisotopic (exact) mass is 321 g/mol. The largest absolute Gasteiger partial charge is 0.282 e. The third-order valence-corrected chi connectivity index (χ3v) is 4.27. The Hall–Kier alpha value is -1.03. The second-order valence-corrected chi connectivity index (χ2v) is 5.09. The highest BCUT2D eigenvalue weighted by Crippen LogP contribution is 2.46. The number of fused-ring (bicyclic) bond motifs is 2. The van der Waals surface area contributed by atoms with Crippen LogP contribution >= 0.6 is 22.9 Å². The van der Waals surface area contributed by atoms with E-state index in [4.69, 9.17) is 0 Å². The Labute approximate surface area is 110 Å². The molecule has 2 aromatic rings. The number of anilines is 2. The average molecular weight is 321 g/mol. The van der Waals surface area contributed by atoms with Crippen LogP contribution in [0.5, 0.6) is 0 Å². The Kier molecular flexibility index (Phi) is 2.39. The molecule has 16 heavy (non-hydrogen) atoms. The van der Waals surface area contributed by atoms with Gasteiger partial charge in [-0.3, -0.25) is 3.11 Å². The Morgan fingerprint density at radius 1 is 0.875 bits per heavy atom. The van der Waals surface area contributed by atoms with Crippen molar-refractivity contribution in [1.29, 1.82) is 0 Å². The van der Waals surface area contributed by atoms with Gasteiger partial charge in [-0.25, -0.2) is 0 Å². The zero-order chi connectivity index (χ0) is 11.1. The number of halogens is 1. The lowest BCUT2D eigenvalue weighted by Crippen LogP contribution is -2.15. The van der Waals surface area contributed by atoms with Crippen molar-refractivity contribution in [2.45, 2.75) is 12.8 Å². The Bertz CT molecular complexity index is 440. The molecule has 1 nitrogen and oxygen atoms in total. The fraction of sp³-hybridized carbons (Fsp3) is 0.143. The maximum atomic E-state index is 2.38. The van der Waals surface area contributed by atoms with Gasteiger partial charge in [-0.15, -0.1) is 0 Å². The zero-order valence-electron chi connectivity index (χ0n) is 9.02. The molecule has 1 aliphatic rings. The summed E-state index contributed by atoms with van der Waals surface area (Å²) in [7, 11) is 0. The summed E-state index contributed by atoms with van der Waals surface area (Å²) >= 11 is 2.38. The molecule has 0 aromatic heterocycles. The van der Waals surface area contributed by atoms with E-state index in [1.54, 1.807) is 0 Å². The molecule has 0 unspecified atom stereocenters. The van der Waals surface area contributed by atoms with E-state index in [2.05, 4.69) is 81.4 Å². The SMILES string of the molecule is CC1c2ccccc2N(I)c2ccccc21. The molecule has 0 fully saturated rings. The Balaban J connectivity index is 2.26. The van der Waals surface area contributed by atoms with Crippen LogP contribution in [-0.2, 0) is 0 Å². The highest BCUT2D eigenvalue weighted by molar-refractivity contribution is 14.1. The van der Waals surface area contributed by atoms with E-state index in [1.165, 1.54) is 22.5 Å². The third-order valence-electron chi connectivity index (χ3n) is 3.23. The molecule has 80 valence electrons. The topological polar surface area (TPSA) is 3.24 Å². The average Bonchev–Trinajstić information content (AvgIpc) is 2.36. The molecule has 1 heterocycles. The van der Waals surface area contributed by atoms with Crippen molar-refractivity contribution < 1.29 is 0 Å². The summed E-state index contributed by atoms with van der Waals surface area (Å²) < 4.78 is 2.25. The highest BCUT2D eigenvalue weighted by atomic mass is 127. The van der Waals surface area contributed by atoms with Gasteiger partial charge in [-0.1, -0.05) is 43.3 Å². The molecular formula is C14H12IN. The summed E-state index contributed by atoms with van der Waals surface area (Å²) in [5, 5.41) is 0. The molecule has 1 aliphatic heterocycles. The molecule has 2 aromatic carbocycles. The predicted molar refractivity (Wildman–Crippen MR) is 76.6 cm³/mol. The van der Waals surface area contributed by atoms with Crippen LogP contribution in [-0.4, -0.2) is 0 Å². The van der Waals surface area contributed by atoms with E-state index in [-0.39, 0.29) is 0 Å². The molecule has 0 bridgehead atoms. The van der Waals surface area contributed by atoms with Gasteiger partial charge in [-0.05, 0) is 23.3 Å². The van der Waals surface area contributed by atoms with Crippen molar-refractivity contribution in [1.82, 2.24) is 0 Å². The molecule has 0 saturated heterocycles. The van der Waals surface area contributed by atoms with Crippen LogP contribution in [0.4, 0.5) is 11.4 Å². The lowest BCUT2D eigenvalue weighted by Gasteiger charge is -2.32. The van der Waals surface area contributed by atoms with Gasteiger partial charge in [-0.2, -0.15) is 0 Å². The minimum absolute atomic E-state index is 0.485. The zero-order valence-corrected chi connectivity index (χ0v) is 11.2. The molecule has 0 spiro atoms. The number of hydrogen-bond donors (Lipinski definition) is 0. The van der Waals surface area contributed by atoms with Gasteiger partial charge in [0, 0.05) is 5.92 Å². The van der Waals surface area contributed by atoms with Crippen LogP contribution in [0.2, 0.25) is 0 Å². The number of rotatable bonds is 0. The summed E-state index contributed by atoms with van der Waals surface area (Å²) in [6.07, 6.45) is 0. The molecule has 0 radical (unpaired) electrons. The smallest absolute Gasteiger partial charge is 0.0646 e. The van der Waals surface area contributed by atoms with Gasteiger partial charge in [0.15, 0.2) is 0 Å². The van der Waals surface area contributed by atoms with Gasteiger partial charge in [0.1, 0.15) is 0 Å². The number of para-hydroxylation sites is 2. The van der Waals surface area contributed by atoms with E-state index in [0.29, 0.717) is 5.92 Å². The minimum atomic E-state index is 0.485. The van der Waals surface area contributed by atoms with Crippen molar-refractivity contribution in [3.63, 3.8) is 0 Å². The van der Waals surface area contributed by atoms with Gasteiger partial charge in [0.25, 0.3) is 0 Å². The number of nitrogens with zero attached hydrogens (tertiary/aromatic N) is 1. The van der Waals surface area contributed by atoms with Gasteiger partial charge < -0.3 is 0 Å². The molecule has 0 N–H and O–H groups in total. The molecule has 0 saturated carbocycles. The Morgan fingerprint density at radius 2 is 1.31 bits per heavy atom. The highest BCUT2D eigenvalue weighted by Gasteiger charge is 2.25. The van der Waals surface area contributed by atoms with Crippen LogP contribution in [0.1, 0.15) is 24.0 Å². The van der Waals surface area contributed by atoms with Crippen molar-refractivity contribution >= 4 is 34.2 Å². The van der Waals surface area contributed by atoms with Gasteiger partial charge >= 0.3 is 0 Å². The molecule has 0 atom stereocenters. The predicted octanol–water partition coefficient (Wildman–Crippen LogP) is 4.64. The van der Waals surface area contributed by atoms with Crippen molar-refractivity contribution in [2.24, 2.45) is 0 Å². The summed E-state index contributed by atoms with van der Waals surface area (Å²) in [6.45, 7) is 2.28. The van der Waals surface area contributed by atoms with E-state index in [0.717, 1.165) is 0 Å². The van der Waals surface area contributed by atoms with E-state index in [9.17, 15) is 0 Å². The second-order valence-electron chi connectivity index (χ2n) is 4.12. The lowest BCUT2D eigenvalue weighted by molar-refractivity contribution is 0.905. The Morgan fingerprint density at radius 3 is 1.81 bits per heavy atom. The molecule has 3 rings (SSSR count). The van der Waals surface area contributed by atoms with E-state index < -0.39 is 0 Å². The van der Waals surface area contributed by atoms with Gasteiger partial charge in [0.05, 0.1) is 34.2 Å². The number of hydrogen-bond acceptors (Lipinski definition) is 1. The van der Waals surface area contributed by atoms with Crippen LogP contribution in [0, 0.1) is 0 Å². The maximum Gasteiger partial charge on any atom is 0.0646 e. The molecule has 0 aliphatic carbocycles. The second kappa shape index (κ2) is 3.77. The summed E-state index contributed by atoms with van der Waals surface area (Å²) in [5.74, 6) is 0.485. The first-order chi connectivity index (χ1) is 7.79. The standard InChI is InChI=1S/C14H12IN/c1-10-11-6-2-4-8-13(11)16(15)14-9-5-3-7-12(10)14/h2-10H,1H3. The molecule has 0 amide bonds. The van der Waals surface area contributed by atoms with Crippen LogP contribution in [0.25, 0.3) is 0 Å². The van der Waals surface area contributed by atoms with Gasteiger partial charge in [0.2, 0.25) is 0 Å². The fourth-order valence-electron chi connectivity index (χ4n) is 2.36. The van der Waals surface area contributed by atoms with Crippen molar-refractivity contribution in [3.05, 3.63) is 59.7 Å². The quantitative estimate of drug-likeness (QED) is 0.505.